The molecule has 0 radical (unpaired) electrons. The molecule has 140 valence electrons. The van der Waals surface area contributed by atoms with Gasteiger partial charge in [0.1, 0.15) is 5.60 Å². The first-order valence-corrected chi connectivity index (χ1v) is 8.31. The van der Waals surface area contributed by atoms with Crippen molar-refractivity contribution in [2.24, 2.45) is 0 Å². The highest BCUT2D eigenvalue weighted by molar-refractivity contribution is 5.61. The van der Waals surface area contributed by atoms with Crippen molar-refractivity contribution >= 4 is 0 Å². The lowest BCUT2D eigenvalue weighted by Crippen LogP contribution is -2.24. The molecule has 0 heterocycles. The number of hydrogen-bond acceptors (Lipinski definition) is 6. The van der Waals surface area contributed by atoms with Gasteiger partial charge in [0.25, 0.3) is 0 Å². The standard InChI is InChI=1S/C20H24O6/c1-22-15-7-6-14-13(18(15)25-4)8-9-20(14,21)12-10-16(23-2)19(26-5)17(11-12)24-3/h6-7,10-11,21H,8-9H2,1-5H3. The third-order valence-corrected chi connectivity index (χ3v) is 4.97. The maximum absolute atomic E-state index is 11.6. The summed E-state index contributed by atoms with van der Waals surface area (Å²) in [4.78, 5) is 0. The largest absolute Gasteiger partial charge is 0.493 e. The smallest absolute Gasteiger partial charge is 0.203 e. The molecule has 0 amide bonds. The van der Waals surface area contributed by atoms with Crippen LogP contribution in [0.15, 0.2) is 24.3 Å². The van der Waals surface area contributed by atoms with Crippen LogP contribution < -0.4 is 23.7 Å². The highest BCUT2D eigenvalue weighted by atomic mass is 16.5. The van der Waals surface area contributed by atoms with Crippen LogP contribution in [-0.2, 0) is 12.0 Å². The van der Waals surface area contributed by atoms with Crippen LogP contribution in [0.3, 0.4) is 0 Å². The van der Waals surface area contributed by atoms with E-state index in [2.05, 4.69) is 0 Å². The minimum Gasteiger partial charge on any atom is -0.493 e. The van der Waals surface area contributed by atoms with Gasteiger partial charge in [-0.25, -0.2) is 0 Å². The maximum atomic E-state index is 11.6. The second-order valence-electron chi connectivity index (χ2n) is 6.10. The summed E-state index contributed by atoms with van der Waals surface area (Å²) in [6.45, 7) is 0. The van der Waals surface area contributed by atoms with E-state index in [1.165, 1.54) is 0 Å². The van der Waals surface area contributed by atoms with Crippen LogP contribution in [0.2, 0.25) is 0 Å². The molecule has 6 heteroatoms. The van der Waals surface area contributed by atoms with Crippen LogP contribution in [0, 0.1) is 0 Å². The lowest BCUT2D eigenvalue weighted by Gasteiger charge is -2.27. The number of methoxy groups -OCH3 is 5. The number of hydrogen-bond donors (Lipinski definition) is 1. The lowest BCUT2D eigenvalue weighted by molar-refractivity contribution is 0.0822. The van der Waals surface area contributed by atoms with Gasteiger partial charge in [0.2, 0.25) is 5.75 Å². The Morgan fingerprint density at radius 2 is 1.35 bits per heavy atom. The van der Waals surface area contributed by atoms with E-state index in [1.54, 1.807) is 47.7 Å². The van der Waals surface area contributed by atoms with Crippen molar-refractivity contribution in [2.75, 3.05) is 35.5 Å². The maximum Gasteiger partial charge on any atom is 0.203 e. The Bertz CT molecular complexity index is 791. The molecule has 0 saturated carbocycles. The molecule has 0 fully saturated rings. The molecule has 26 heavy (non-hydrogen) atoms. The number of benzene rings is 2. The van der Waals surface area contributed by atoms with Crippen LogP contribution >= 0.6 is 0 Å². The Kier molecular flexibility index (Phi) is 4.87. The fourth-order valence-electron chi connectivity index (χ4n) is 3.69. The van der Waals surface area contributed by atoms with Crippen LogP contribution in [0.4, 0.5) is 0 Å². The zero-order valence-electron chi connectivity index (χ0n) is 15.7. The van der Waals surface area contributed by atoms with Crippen molar-refractivity contribution in [3.8, 4) is 28.7 Å². The van der Waals surface area contributed by atoms with Gasteiger partial charge < -0.3 is 28.8 Å². The Hall–Kier alpha value is -2.60. The molecule has 6 nitrogen and oxygen atoms in total. The van der Waals surface area contributed by atoms with Crippen molar-refractivity contribution < 1.29 is 28.8 Å². The van der Waals surface area contributed by atoms with E-state index in [0.717, 1.165) is 11.1 Å². The fraction of sp³-hybridized carbons (Fsp3) is 0.400. The van der Waals surface area contributed by atoms with E-state index in [0.29, 0.717) is 47.2 Å². The first kappa shape index (κ1) is 18.2. The van der Waals surface area contributed by atoms with Gasteiger partial charge in [-0.3, -0.25) is 0 Å². The predicted octanol–water partition coefficient (Wildman–Crippen LogP) is 2.91. The van der Waals surface area contributed by atoms with E-state index in [4.69, 9.17) is 23.7 Å². The van der Waals surface area contributed by atoms with Gasteiger partial charge in [-0.2, -0.15) is 0 Å². The van der Waals surface area contributed by atoms with E-state index in [9.17, 15) is 5.11 Å². The molecular formula is C20H24O6. The average Bonchev–Trinajstić information content (AvgIpc) is 3.03. The van der Waals surface area contributed by atoms with Crippen LogP contribution in [0.25, 0.3) is 0 Å². The van der Waals surface area contributed by atoms with E-state index >= 15 is 0 Å². The molecule has 2 aromatic rings. The SMILES string of the molecule is COc1cc(C2(O)CCc3c2ccc(OC)c3OC)cc(OC)c1OC. The Morgan fingerprint density at radius 3 is 1.85 bits per heavy atom. The molecule has 0 aliphatic heterocycles. The van der Waals surface area contributed by atoms with Crippen LogP contribution in [0.1, 0.15) is 23.1 Å². The molecule has 1 unspecified atom stereocenters. The van der Waals surface area contributed by atoms with Crippen molar-refractivity contribution in [3.05, 3.63) is 41.0 Å². The molecule has 0 aromatic heterocycles. The highest BCUT2D eigenvalue weighted by Gasteiger charge is 2.41. The summed E-state index contributed by atoms with van der Waals surface area (Å²) >= 11 is 0. The Balaban J connectivity index is 2.18. The monoisotopic (exact) mass is 360 g/mol. The summed E-state index contributed by atoms with van der Waals surface area (Å²) < 4.78 is 27.1. The zero-order chi connectivity index (χ0) is 18.9. The molecule has 0 bridgehead atoms. The minimum absolute atomic E-state index is 0.493. The topological polar surface area (TPSA) is 66.4 Å². The van der Waals surface area contributed by atoms with Gasteiger partial charge in [-0.1, -0.05) is 6.07 Å². The average molecular weight is 360 g/mol. The number of aliphatic hydroxyl groups is 1. The van der Waals surface area contributed by atoms with Crippen molar-refractivity contribution in [1.82, 2.24) is 0 Å². The normalized spacial score (nSPS) is 18.2. The van der Waals surface area contributed by atoms with Gasteiger partial charge in [0.05, 0.1) is 35.5 Å². The summed E-state index contributed by atoms with van der Waals surface area (Å²) in [7, 11) is 7.87. The summed E-state index contributed by atoms with van der Waals surface area (Å²) in [5.41, 5.74) is 1.24. The summed E-state index contributed by atoms with van der Waals surface area (Å²) in [6, 6.07) is 7.26. The second-order valence-corrected chi connectivity index (χ2v) is 6.10. The molecule has 0 saturated heterocycles. The van der Waals surface area contributed by atoms with Crippen LogP contribution in [0.5, 0.6) is 28.7 Å². The zero-order valence-corrected chi connectivity index (χ0v) is 15.7. The lowest BCUT2D eigenvalue weighted by atomic mass is 9.87. The minimum atomic E-state index is -1.18. The molecule has 0 spiro atoms. The molecular weight excluding hydrogens is 336 g/mol. The van der Waals surface area contributed by atoms with E-state index < -0.39 is 5.60 Å². The Morgan fingerprint density at radius 1 is 0.769 bits per heavy atom. The van der Waals surface area contributed by atoms with Gasteiger partial charge in [0, 0.05) is 5.56 Å². The fourth-order valence-corrected chi connectivity index (χ4v) is 3.69. The number of ether oxygens (including phenoxy) is 5. The molecule has 2 aromatic carbocycles. The van der Waals surface area contributed by atoms with Crippen molar-refractivity contribution in [2.45, 2.75) is 18.4 Å². The molecule has 3 rings (SSSR count). The summed E-state index contributed by atoms with van der Waals surface area (Å²) in [6.07, 6.45) is 1.19. The van der Waals surface area contributed by atoms with Gasteiger partial charge in [-0.05, 0) is 42.2 Å². The number of fused-ring (bicyclic) bond motifs is 1. The first-order chi connectivity index (χ1) is 12.5. The van der Waals surface area contributed by atoms with Crippen LogP contribution in [-0.4, -0.2) is 40.7 Å². The van der Waals surface area contributed by atoms with Crippen molar-refractivity contribution in [3.63, 3.8) is 0 Å². The van der Waals surface area contributed by atoms with Gasteiger partial charge in [0.15, 0.2) is 23.0 Å². The molecule has 1 aliphatic carbocycles. The predicted molar refractivity (Wildman–Crippen MR) is 97.0 cm³/mol. The van der Waals surface area contributed by atoms with Gasteiger partial charge in [-0.15, -0.1) is 0 Å². The third kappa shape index (κ3) is 2.61. The number of rotatable bonds is 6. The molecule has 1 atom stereocenters. The Labute approximate surface area is 153 Å². The van der Waals surface area contributed by atoms with E-state index in [1.807, 2.05) is 12.1 Å². The second kappa shape index (κ2) is 6.96. The quantitative estimate of drug-likeness (QED) is 0.854. The first-order valence-electron chi connectivity index (χ1n) is 8.31. The molecule has 1 N–H and O–H groups in total. The van der Waals surface area contributed by atoms with Gasteiger partial charge >= 0.3 is 0 Å². The summed E-state index contributed by atoms with van der Waals surface area (Å²) in [5, 5.41) is 11.6. The van der Waals surface area contributed by atoms with E-state index in [-0.39, 0.29) is 0 Å². The van der Waals surface area contributed by atoms with Crippen molar-refractivity contribution in [1.29, 1.82) is 0 Å². The third-order valence-electron chi connectivity index (χ3n) is 4.97. The molecule has 1 aliphatic rings. The summed E-state index contributed by atoms with van der Waals surface area (Å²) in [5.74, 6) is 2.81. The highest BCUT2D eigenvalue weighted by Crippen LogP contribution is 2.50.